The zero-order chi connectivity index (χ0) is 18.8. The zero-order valence-corrected chi connectivity index (χ0v) is 15.0. The summed E-state index contributed by atoms with van der Waals surface area (Å²) in [4.78, 5) is 36.8. The summed E-state index contributed by atoms with van der Waals surface area (Å²) in [5.41, 5.74) is -0.769. The van der Waals surface area contributed by atoms with Crippen molar-refractivity contribution in [3.05, 3.63) is 23.8 Å². The molecule has 0 saturated carbocycles. The van der Waals surface area contributed by atoms with Crippen molar-refractivity contribution < 1.29 is 33.3 Å². The number of ketones is 1. The molecule has 1 fully saturated rings. The summed E-state index contributed by atoms with van der Waals surface area (Å²) in [7, 11) is 4.23. The summed E-state index contributed by atoms with van der Waals surface area (Å²) in [6, 6.07) is 4.96. The lowest BCUT2D eigenvalue weighted by Crippen LogP contribution is -2.48. The fourth-order valence-electron chi connectivity index (χ4n) is 2.84. The number of Topliss-reactive ketones (excluding diaryl/α,β-unsaturated/α-hetero) is 1. The van der Waals surface area contributed by atoms with Crippen LogP contribution in [0.4, 0.5) is 0 Å². The summed E-state index contributed by atoms with van der Waals surface area (Å²) >= 11 is 0. The first-order valence-electron chi connectivity index (χ1n) is 7.80. The first-order chi connectivity index (χ1) is 11.8. The van der Waals surface area contributed by atoms with E-state index in [-0.39, 0.29) is 12.2 Å². The summed E-state index contributed by atoms with van der Waals surface area (Å²) < 4.78 is 20.7. The Kier molecular flexibility index (Phi) is 5.35. The Morgan fingerprint density at radius 3 is 2.32 bits per heavy atom. The van der Waals surface area contributed by atoms with Crippen LogP contribution in [0.15, 0.2) is 18.2 Å². The van der Waals surface area contributed by atoms with Gasteiger partial charge in [0.1, 0.15) is 11.5 Å². The molecule has 1 aliphatic rings. The van der Waals surface area contributed by atoms with Crippen LogP contribution in [0.2, 0.25) is 0 Å². The number of rotatable bonds is 5. The SMILES string of the molecule is COC(=O)CC1C(=O)C(C)(C)C(=O)OC1c1ccc(OC)c(OC)c1. The van der Waals surface area contributed by atoms with Gasteiger partial charge in [-0.25, -0.2) is 0 Å². The topological polar surface area (TPSA) is 88.1 Å². The monoisotopic (exact) mass is 350 g/mol. The number of benzene rings is 1. The molecule has 1 saturated heterocycles. The highest BCUT2D eigenvalue weighted by atomic mass is 16.6. The van der Waals surface area contributed by atoms with Gasteiger partial charge in [0.25, 0.3) is 0 Å². The van der Waals surface area contributed by atoms with E-state index < -0.39 is 29.4 Å². The zero-order valence-electron chi connectivity index (χ0n) is 15.0. The van der Waals surface area contributed by atoms with Gasteiger partial charge < -0.3 is 18.9 Å². The molecule has 25 heavy (non-hydrogen) atoms. The highest BCUT2D eigenvalue weighted by Crippen LogP contribution is 2.43. The number of cyclic esters (lactones) is 1. The molecule has 2 unspecified atom stereocenters. The molecule has 7 heteroatoms. The first-order valence-corrected chi connectivity index (χ1v) is 7.80. The van der Waals surface area contributed by atoms with Gasteiger partial charge in [-0.2, -0.15) is 0 Å². The number of methoxy groups -OCH3 is 3. The summed E-state index contributed by atoms with van der Waals surface area (Å²) in [5, 5.41) is 0. The molecular formula is C18H22O7. The average Bonchev–Trinajstić information content (AvgIpc) is 2.61. The number of hydrogen-bond acceptors (Lipinski definition) is 7. The fourth-order valence-corrected chi connectivity index (χ4v) is 2.84. The second-order valence-corrected chi connectivity index (χ2v) is 6.32. The third-order valence-electron chi connectivity index (χ3n) is 4.41. The van der Waals surface area contributed by atoms with Crippen LogP contribution in [0.3, 0.4) is 0 Å². The van der Waals surface area contributed by atoms with E-state index in [1.165, 1.54) is 35.2 Å². The minimum absolute atomic E-state index is 0.176. The number of carbonyl (C=O) groups is 3. The Labute approximate surface area is 146 Å². The molecule has 0 aliphatic carbocycles. The van der Waals surface area contributed by atoms with Crippen LogP contribution in [0, 0.1) is 11.3 Å². The molecule has 1 aromatic carbocycles. The lowest BCUT2D eigenvalue weighted by atomic mass is 9.74. The lowest BCUT2D eigenvalue weighted by molar-refractivity contribution is -0.181. The van der Waals surface area contributed by atoms with Crippen molar-refractivity contribution >= 4 is 17.7 Å². The molecule has 2 rings (SSSR count). The molecule has 0 spiro atoms. The van der Waals surface area contributed by atoms with Crippen LogP contribution < -0.4 is 9.47 Å². The highest BCUT2D eigenvalue weighted by molar-refractivity contribution is 6.07. The molecule has 1 aliphatic heterocycles. The van der Waals surface area contributed by atoms with Crippen LogP contribution >= 0.6 is 0 Å². The van der Waals surface area contributed by atoms with E-state index in [0.29, 0.717) is 17.1 Å². The van der Waals surface area contributed by atoms with E-state index in [4.69, 9.17) is 14.2 Å². The fraction of sp³-hybridized carbons (Fsp3) is 0.500. The maximum atomic E-state index is 12.8. The van der Waals surface area contributed by atoms with Crippen LogP contribution in [-0.2, 0) is 23.9 Å². The quantitative estimate of drug-likeness (QED) is 0.593. The third kappa shape index (κ3) is 3.45. The van der Waals surface area contributed by atoms with Crippen molar-refractivity contribution in [3.8, 4) is 11.5 Å². The minimum Gasteiger partial charge on any atom is -0.493 e. The Balaban J connectivity index is 2.46. The molecule has 0 radical (unpaired) electrons. The Morgan fingerprint density at radius 2 is 1.76 bits per heavy atom. The first kappa shape index (κ1) is 18.8. The highest BCUT2D eigenvalue weighted by Gasteiger charge is 2.51. The Morgan fingerprint density at radius 1 is 1.12 bits per heavy atom. The maximum absolute atomic E-state index is 12.8. The van der Waals surface area contributed by atoms with Crippen molar-refractivity contribution in [1.82, 2.24) is 0 Å². The number of ether oxygens (including phenoxy) is 4. The van der Waals surface area contributed by atoms with Gasteiger partial charge in [-0.3, -0.25) is 14.4 Å². The number of carbonyl (C=O) groups excluding carboxylic acids is 3. The van der Waals surface area contributed by atoms with E-state index in [2.05, 4.69) is 4.74 Å². The van der Waals surface area contributed by atoms with Crippen LogP contribution in [0.25, 0.3) is 0 Å². The second kappa shape index (κ2) is 7.13. The van der Waals surface area contributed by atoms with E-state index in [1.807, 2.05) is 0 Å². The van der Waals surface area contributed by atoms with Gasteiger partial charge >= 0.3 is 11.9 Å². The predicted octanol–water partition coefficient (Wildman–Crippen LogP) is 2.08. The van der Waals surface area contributed by atoms with Gasteiger partial charge in [-0.05, 0) is 31.5 Å². The summed E-state index contributed by atoms with van der Waals surface area (Å²) in [6.45, 7) is 2.99. The molecule has 2 atom stereocenters. The largest absolute Gasteiger partial charge is 0.493 e. The van der Waals surface area contributed by atoms with Crippen LogP contribution in [-0.4, -0.2) is 39.1 Å². The molecule has 1 heterocycles. The molecular weight excluding hydrogens is 328 g/mol. The smallest absolute Gasteiger partial charge is 0.319 e. The predicted molar refractivity (Wildman–Crippen MR) is 87.3 cm³/mol. The van der Waals surface area contributed by atoms with Gasteiger partial charge in [-0.15, -0.1) is 0 Å². The number of hydrogen-bond donors (Lipinski definition) is 0. The second-order valence-electron chi connectivity index (χ2n) is 6.32. The van der Waals surface area contributed by atoms with Gasteiger partial charge in [0.2, 0.25) is 0 Å². The van der Waals surface area contributed by atoms with Gasteiger partial charge in [0, 0.05) is 0 Å². The number of esters is 2. The Hall–Kier alpha value is -2.57. The van der Waals surface area contributed by atoms with Crippen LogP contribution in [0.5, 0.6) is 11.5 Å². The molecule has 0 amide bonds. The van der Waals surface area contributed by atoms with Crippen molar-refractivity contribution in [2.45, 2.75) is 26.4 Å². The third-order valence-corrected chi connectivity index (χ3v) is 4.41. The minimum atomic E-state index is -1.31. The standard InChI is InChI=1S/C18H22O7/c1-18(2)16(20)11(9-14(19)24-5)15(25-17(18)21)10-6-7-12(22-3)13(8-10)23-4/h6-8,11,15H,9H2,1-5H3. The summed E-state index contributed by atoms with van der Waals surface area (Å²) in [5.74, 6) is -1.42. The van der Waals surface area contributed by atoms with E-state index in [0.717, 1.165) is 0 Å². The molecule has 0 N–H and O–H groups in total. The summed E-state index contributed by atoms with van der Waals surface area (Å²) in [6.07, 6.45) is -1.07. The molecule has 1 aromatic rings. The van der Waals surface area contributed by atoms with Crippen molar-refractivity contribution in [1.29, 1.82) is 0 Å². The van der Waals surface area contributed by atoms with Crippen LogP contribution in [0.1, 0.15) is 31.9 Å². The molecule has 0 aromatic heterocycles. The normalized spacial score (nSPS) is 22.1. The average molecular weight is 350 g/mol. The van der Waals surface area contributed by atoms with E-state index >= 15 is 0 Å². The van der Waals surface area contributed by atoms with Gasteiger partial charge in [-0.1, -0.05) is 6.07 Å². The lowest BCUT2D eigenvalue weighted by Gasteiger charge is -2.37. The van der Waals surface area contributed by atoms with Gasteiger partial charge in [0.15, 0.2) is 17.3 Å². The van der Waals surface area contributed by atoms with Crippen molar-refractivity contribution in [2.24, 2.45) is 11.3 Å². The molecule has 136 valence electrons. The molecule has 7 nitrogen and oxygen atoms in total. The van der Waals surface area contributed by atoms with Crippen molar-refractivity contribution in [2.75, 3.05) is 21.3 Å². The van der Waals surface area contributed by atoms with Gasteiger partial charge in [0.05, 0.1) is 33.7 Å². The maximum Gasteiger partial charge on any atom is 0.319 e. The Bertz CT molecular complexity index is 693. The molecule has 0 bridgehead atoms. The van der Waals surface area contributed by atoms with Crippen molar-refractivity contribution in [3.63, 3.8) is 0 Å². The van der Waals surface area contributed by atoms with E-state index in [9.17, 15) is 14.4 Å². The van der Waals surface area contributed by atoms with E-state index in [1.54, 1.807) is 18.2 Å².